The lowest BCUT2D eigenvalue weighted by Gasteiger charge is -2.38. The number of likely N-dealkylation sites (N-methyl/N-ethyl adjacent to an activating group) is 1. The lowest BCUT2D eigenvalue weighted by atomic mass is 9.87. The molecule has 3 nitrogen and oxygen atoms in total. The fraction of sp³-hybridized carbons (Fsp3) is 0.538. The van der Waals surface area contributed by atoms with E-state index in [1.807, 2.05) is 18.2 Å². The number of fused-ring (bicyclic) bond motifs is 1. The summed E-state index contributed by atoms with van der Waals surface area (Å²) in [5.74, 6) is 0.906. The summed E-state index contributed by atoms with van der Waals surface area (Å²) < 4.78 is 6.20. The molecule has 2 atom stereocenters. The van der Waals surface area contributed by atoms with Gasteiger partial charge in [-0.1, -0.05) is 11.6 Å². The molecule has 1 fully saturated rings. The van der Waals surface area contributed by atoms with Crippen molar-refractivity contribution < 1.29 is 4.74 Å². The summed E-state index contributed by atoms with van der Waals surface area (Å²) in [6.45, 7) is 2.04. The first-order valence-corrected chi connectivity index (χ1v) is 6.38. The minimum absolute atomic E-state index is 0.0314. The molecule has 2 aliphatic heterocycles. The molecular formula is C13H17ClN2O. The van der Waals surface area contributed by atoms with E-state index in [0.717, 1.165) is 42.3 Å². The van der Waals surface area contributed by atoms with Gasteiger partial charge in [-0.2, -0.15) is 0 Å². The van der Waals surface area contributed by atoms with Crippen molar-refractivity contribution in [3.05, 3.63) is 28.8 Å². The van der Waals surface area contributed by atoms with Crippen LogP contribution in [0, 0.1) is 0 Å². The second-order valence-electron chi connectivity index (χ2n) is 5.27. The van der Waals surface area contributed by atoms with Gasteiger partial charge in [-0.05, 0) is 25.2 Å². The van der Waals surface area contributed by atoms with Crippen LogP contribution >= 0.6 is 11.6 Å². The molecule has 1 saturated heterocycles. The molecular weight excluding hydrogens is 236 g/mol. The van der Waals surface area contributed by atoms with Gasteiger partial charge in [0.25, 0.3) is 0 Å². The summed E-state index contributed by atoms with van der Waals surface area (Å²) >= 11 is 6.00. The van der Waals surface area contributed by atoms with Crippen LogP contribution in [0.1, 0.15) is 24.4 Å². The van der Waals surface area contributed by atoms with E-state index in [1.165, 1.54) is 0 Å². The largest absolute Gasteiger partial charge is 0.485 e. The minimum Gasteiger partial charge on any atom is -0.485 e. The Labute approximate surface area is 106 Å². The molecule has 1 aromatic rings. The highest BCUT2D eigenvalue weighted by Gasteiger charge is 2.44. The van der Waals surface area contributed by atoms with E-state index in [9.17, 15) is 0 Å². The zero-order chi connectivity index (χ0) is 12.0. The van der Waals surface area contributed by atoms with Crippen LogP contribution in [-0.2, 0) is 0 Å². The van der Waals surface area contributed by atoms with E-state index in [2.05, 4.69) is 11.9 Å². The quantitative estimate of drug-likeness (QED) is 0.769. The van der Waals surface area contributed by atoms with Gasteiger partial charge in [-0.3, -0.25) is 0 Å². The molecule has 4 heteroatoms. The Balaban J connectivity index is 1.96. The Morgan fingerprint density at radius 1 is 1.53 bits per heavy atom. The van der Waals surface area contributed by atoms with E-state index in [0.29, 0.717) is 0 Å². The molecule has 92 valence electrons. The average Bonchev–Trinajstić information content (AvgIpc) is 2.61. The van der Waals surface area contributed by atoms with Gasteiger partial charge < -0.3 is 15.4 Å². The predicted octanol–water partition coefficient (Wildman–Crippen LogP) is 2.20. The monoisotopic (exact) mass is 252 g/mol. The van der Waals surface area contributed by atoms with Crippen LogP contribution in [0.5, 0.6) is 5.75 Å². The van der Waals surface area contributed by atoms with Crippen molar-refractivity contribution >= 4 is 11.6 Å². The maximum atomic E-state index is 6.26. The fourth-order valence-corrected chi connectivity index (χ4v) is 3.16. The number of nitrogens with zero attached hydrogens (tertiary/aromatic N) is 1. The molecule has 2 N–H and O–H groups in total. The summed E-state index contributed by atoms with van der Waals surface area (Å²) in [7, 11) is 2.13. The highest BCUT2D eigenvalue weighted by Crippen LogP contribution is 2.43. The van der Waals surface area contributed by atoms with Crippen LogP contribution in [0.3, 0.4) is 0 Å². The van der Waals surface area contributed by atoms with Gasteiger partial charge in [0.05, 0.1) is 0 Å². The summed E-state index contributed by atoms with van der Waals surface area (Å²) in [5, 5.41) is 0.724. The van der Waals surface area contributed by atoms with Gasteiger partial charge in [0.15, 0.2) is 0 Å². The molecule has 0 bridgehead atoms. The summed E-state index contributed by atoms with van der Waals surface area (Å²) in [4.78, 5) is 2.30. The maximum Gasteiger partial charge on any atom is 0.125 e. The summed E-state index contributed by atoms with van der Waals surface area (Å²) in [6, 6.07) is 5.76. The Kier molecular flexibility index (Phi) is 2.58. The third kappa shape index (κ3) is 1.92. The van der Waals surface area contributed by atoms with Crippen molar-refractivity contribution in [2.24, 2.45) is 5.73 Å². The Morgan fingerprint density at radius 2 is 2.35 bits per heavy atom. The molecule has 0 aromatic heterocycles. The van der Waals surface area contributed by atoms with Crippen molar-refractivity contribution in [2.75, 3.05) is 20.1 Å². The van der Waals surface area contributed by atoms with E-state index < -0.39 is 0 Å². The first-order valence-electron chi connectivity index (χ1n) is 6.01. The number of hydrogen-bond acceptors (Lipinski definition) is 3. The van der Waals surface area contributed by atoms with Crippen molar-refractivity contribution in [3.63, 3.8) is 0 Å². The average molecular weight is 253 g/mol. The molecule has 0 aliphatic carbocycles. The lowest BCUT2D eigenvalue weighted by Crippen LogP contribution is -2.44. The van der Waals surface area contributed by atoms with E-state index in [-0.39, 0.29) is 11.6 Å². The number of likely N-dealkylation sites (tertiary alicyclic amines) is 1. The van der Waals surface area contributed by atoms with Crippen LogP contribution in [0.2, 0.25) is 5.02 Å². The normalized spacial score (nSPS) is 32.5. The smallest absolute Gasteiger partial charge is 0.125 e. The van der Waals surface area contributed by atoms with Gasteiger partial charge >= 0.3 is 0 Å². The third-order valence-electron chi connectivity index (χ3n) is 3.80. The third-order valence-corrected chi connectivity index (χ3v) is 4.03. The lowest BCUT2D eigenvalue weighted by molar-refractivity contribution is 0.0466. The molecule has 1 spiro atoms. The SMILES string of the molecule is CN1CCC2(CC(N)c3cc(Cl)ccc3O2)C1. The summed E-state index contributed by atoms with van der Waals surface area (Å²) in [5.41, 5.74) is 7.21. The molecule has 17 heavy (non-hydrogen) atoms. The topological polar surface area (TPSA) is 38.5 Å². The van der Waals surface area contributed by atoms with E-state index >= 15 is 0 Å². The van der Waals surface area contributed by atoms with Crippen LogP contribution in [0.4, 0.5) is 0 Å². The van der Waals surface area contributed by atoms with Gasteiger partial charge in [-0.15, -0.1) is 0 Å². The number of benzene rings is 1. The molecule has 0 radical (unpaired) electrons. The molecule has 2 unspecified atom stereocenters. The van der Waals surface area contributed by atoms with Crippen molar-refractivity contribution in [1.29, 1.82) is 0 Å². The van der Waals surface area contributed by atoms with E-state index in [1.54, 1.807) is 0 Å². The first kappa shape index (κ1) is 11.3. The Hall–Kier alpha value is -0.770. The predicted molar refractivity (Wildman–Crippen MR) is 68.5 cm³/mol. The number of nitrogens with two attached hydrogens (primary N) is 1. The van der Waals surface area contributed by atoms with Crippen LogP contribution in [0.15, 0.2) is 18.2 Å². The molecule has 0 saturated carbocycles. The molecule has 3 rings (SSSR count). The van der Waals surface area contributed by atoms with Gasteiger partial charge in [0.1, 0.15) is 11.4 Å². The van der Waals surface area contributed by atoms with Gasteiger partial charge in [0, 0.05) is 42.6 Å². The second-order valence-corrected chi connectivity index (χ2v) is 5.70. The minimum atomic E-state index is -0.0883. The van der Waals surface area contributed by atoms with Crippen LogP contribution in [-0.4, -0.2) is 30.6 Å². The fourth-order valence-electron chi connectivity index (χ4n) is 2.98. The second kappa shape index (κ2) is 3.87. The van der Waals surface area contributed by atoms with E-state index in [4.69, 9.17) is 22.1 Å². The molecule has 2 heterocycles. The highest BCUT2D eigenvalue weighted by molar-refractivity contribution is 6.30. The zero-order valence-electron chi connectivity index (χ0n) is 9.95. The molecule has 1 aromatic carbocycles. The van der Waals surface area contributed by atoms with Crippen LogP contribution < -0.4 is 10.5 Å². The Morgan fingerprint density at radius 3 is 3.06 bits per heavy atom. The standard InChI is InChI=1S/C13H17ClN2O/c1-16-5-4-13(8-16)7-11(15)10-6-9(14)2-3-12(10)17-13/h2-3,6,11H,4-5,7-8,15H2,1H3. The molecule has 2 aliphatic rings. The molecule has 0 amide bonds. The zero-order valence-corrected chi connectivity index (χ0v) is 10.7. The number of hydrogen-bond donors (Lipinski definition) is 1. The number of ether oxygens (including phenoxy) is 1. The number of halogens is 1. The first-order chi connectivity index (χ1) is 8.08. The van der Waals surface area contributed by atoms with Crippen molar-refractivity contribution in [3.8, 4) is 5.75 Å². The summed E-state index contributed by atoms with van der Waals surface area (Å²) in [6.07, 6.45) is 1.93. The number of rotatable bonds is 0. The maximum absolute atomic E-state index is 6.26. The Bertz CT molecular complexity index is 451. The van der Waals surface area contributed by atoms with Crippen LogP contribution in [0.25, 0.3) is 0 Å². The van der Waals surface area contributed by atoms with Crippen molar-refractivity contribution in [2.45, 2.75) is 24.5 Å². The van der Waals surface area contributed by atoms with Gasteiger partial charge in [0.2, 0.25) is 0 Å². The van der Waals surface area contributed by atoms with Crippen molar-refractivity contribution in [1.82, 2.24) is 4.90 Å². The van der Waals surface area contributed by atoms with Gasteiger partial charge in [-0.25, -0.2) is 0 Å². The highest BCUT2D eigenvalue weighted by atomic mass is 35.5.